The third-order valence-corrected chi connectivity index (χ3v) is 11.5. The molecule has 0 radical (unpaired) electrons. The van der Waals surface area contributed by atoms with Crippen LogP contribution in [0.1, 0.15) is 61.9 Å². The van der Waals surface area contributed by atoms with Crippen molar-refractivity contribution < 1.29 is 23.0 Å². The number of alkyl halides is 3. The van der Waals surface area contributed by atoms with Gasteiger partial charge in [0.15, 0.2) is 12.4 Å². The maximum absolute atomic E-state index is 13.9. The first kappa shape index (κ1) is 32.5. The van der Waals surface area contributed by atoms with Crippen molar-refractivity contribution >= 4 is 27.6 Å². The van der Waals surface area contributed by atoms with Crippen LogP contribution in [0.5, 0.6) is 5.75 Å². The topological polar surface area (TPSA) is 93.6 Å². The number of aromatic nitrogens is 4. The molecule has 1 aliphatic carbocycles. The van der Waals surface area contributed by atoms with Gasteiger partial charge >= 0.3 is 6.18 Å². The Morgan fingerprint density at radius 2 is 1.88 bits per heavy atom. The van der Waals surface area contributed by atoms with E-state index in [0.29, 0.717) is 29.4 Å². The molecule has 260 valence electrons. The van der Waals surface area contributed by atoms with Gasteiger partial charge in [-0.05, 0) is 79.3 Å². The highest BCUT2D eigenvalue weighted by Crippen LogP contribution is 2.48. The monoisotopic (exact) mass is 675 g/mol. The van der Waals surface area contributed by atoms with Gasteiger partial charge in [-0.15, -0.1) is 0 Å². The normalized spacial score (nSPS) is 21.1. The van der Waals surface area contributed by atoms with Crippen molar-refractivity contribution in [2.75, 3.05) is 50.8 Å². The average molecular weight is 676 g/mol. The van der Waals surface area contributed by atoms with E-state index in [-0.39, 0.29) is 17.1 Å². The Morgan fingerprint density at radius 3 is 2.53 bits per heavy atom. The Morgan fingerprint density at radius 1 is 1.12 bits per heavy atom. The Bertz CT molecular complexity index is 1880. The van der Waals surface area contributed by atoms with Crippen LogP contribution in [-0.4, -0.2) is 99.4 Å². The van der Waals surface area contributed by atoms with Gasteiger partial charge in [-0.2, -0.15) is 18.3 Å². The summed E-state index contributed by atoms with van der Waals surface area (Å²) in [6.07, 6.45) is 4.26. The number of fused-ring (bicyclic) bond motifs is 2. The number of nitrogens with zero attached hydrogens (tertiary/aromatic N) is 6. The van der Waals surface area contributed by atoms with Crippen LogP contribution in [0, 0.1) is 12.3 Å². The third kappa shape index (κ3) is 5.75. The van der Waals surface area contributed by atoms with E-state index in [1.54, 1.807) is 12.3 Å². The predicted molar refractivity (Wildman–Crippen MR) is 184 cm³/mol. The zero-order valence-corrected chi connectivity index (χ0v) is 28.2. The van der Waals surface area contributed by atoms with Crippen molar-refractivity contribution in [2.24, 2.45) is 5.41 Å². The van der Waals surface area contributed by atoms with E-state index in [1.165, 1.54) is 19.3 Å². The number of rotatable bonds is 9. The number of ether oxygens (including phenoxy) is 1. The highest BCUT2D eigenvalue weighted by Gasteiger charge is 2.47. The van der Waals surface area contributed by atoms with Crippen LogP contribution in [0.4, 0.5) is 19.0 Å². The second-order valence-corrected chi connectivity index (χ2v) is 14.7. The molecule has 3 aliphatic heterocycles. The molecular weight excluding hydrogens is 631 g/mol. The maximum Gasteiger partial charge on any atom is 0.422 e. The van der Waals surface area contributed by atoms with Crippen LogP contribution in [0.3, 0.4) is 0 Å². The Hall–Kier alpha value is -3.74. The van der Waals surface area contributed by atoms with Gasteiger partial charge in [0.25, 0.3) is 0 Å². The van der Waals surface area contributed by atoms with E-state index in [2.05, 4.69) is 32.6 Å². The number of nitrogens with one attached hydrogen (secondary N) is 1. The quantitative estimate of drug-likeness (QED) is 0.199. The molecular formula is C37H44F3N7O2. The van der Waals surface area contributed by atoms with Gasteiger partial charge in [0.2, 0.25) is 0 Å². The average Bonchev–Trinajstić information content (AvgIpc) is 3.50. The second kappa shape index (κ2) is 12.2. The number of hydrogen-bond donors (Lipinski definition) is 2. The minimum absolute atomic E-state index is 0.101. The fraction of sp³-hybridized carbons (Fsp3) is 0.541. The van der Waals surface area contributed by atoms with Gasteiger partial charge in [-0.1, -0.05) is 26.0 Å². The molecule has 1 atom stereocenters. The molecule has 4 fully saturated rings. The highest BCUT2D eigenvalue weighted by molar-refractivity contribution is 6.05. The molecule has 12 heteroatoms. The molecule has 5 heterocycles. The summed E-state index contributed by atoms with van der Waals surface area (Å²) in [7, 11) is 0. The number of aliphatic hydroxyl groups excluding tert-OH is 1. The van der Waals surface area contributed by atoms with Gasteiger partial charge in [0.05, 0.1) is 11.7 Å². The number of halogens is 3. The van der Waals surface area contributed by atoms with Crippen LogP contribution in [0.15, 0.2) is 37.1 Å². The van der Waals surface area contributed by atoms with Gasteiger partial charge in [0, 0.05) is 67.6 Å². The maximum atomic E-state index is 13.9. The van der Waals surface area contributed by atoms with E-state index < -0.39 is 19.0 Å². The number of H-pyrrole nitrogens is 1. The molecule has 4 aliphatic rings. The number of anilines is 1. The molecule has 2 aromatic heterocycles. The van der Waals surface area contributed by atoms with Gasteiger partial charge < -0.3 is 14.7 Å². The summed E-state index contributed by atoms with van der Waals surface area (Å²) in [5.74, 6) is 1.71. The summed E-state index contributed by atoms with van der Waals surface area (Å²) in [5, 5.41) is 19.1. The predicted octanol–water partition coefficient (Wildman–Crippen LogP) is 6.34. The van der Waals surface area contributed by atoms with E-state index in [4.69, 9.17) is 14.7 Å². The van der Waals surface area contributed by atoms with Crippen LogP contribution >= 0.6 is 0 Å². The summed E-state index contributed by atoms with van der Waals surface area (Å²) in [5.41, 5.74) is 4.60. The largest absolute Gasteiger partial charge is 0.481 e. The molecule has 9 nitrogen and oxygen atoms in total. The standard InChI is InChI=1S/C37H44F3N7O2/c1-4-23-15-26-32(33(49-21-37(38,39)40)31(23)30-22(3)9-10-28-27(30)16-41-44-28)42-34(24-17-46(18-24)25-7-6-8-25)43-35(26)45-13-11-36(12-14-45)19-47(20-36)29(48)5-2/h5,9-10,15-16,24-25,29,48H,2,4,6-8,11-14,17-21H2,1,3H3,(H,41,44). The molecule has 4 aromatic rings. The number of hydrogen-bond acceptors (Lipinski definition) is 8. The lowest BCUT2D eigenvalue weighted by molar-refractivity contribution is -0.153. The molecule has 8 rings (SSSR count). The van der Waals surface area contributed by atoms with Crippen molar-refractivity contribution in [3.8, 4) is 16.9 Å². The summed E-state index contributed by atoms with van der Waals surface area (Å²) >= 11 is 0. The van der Waals surface area contributed by atoms with Gasteiger partial charge in [-0.3, -0.25) is 14.9 Å². The Kier molecular flexibility index (Phi) is 8.11. The van der Waals surface area contributed by atoms with E-state index >= 15 is 0 Å². The van der Waals surface area contributed by atoms with Crippen LogP contribution in [0.25, 0.3) is 32.9 Å². The fourth-order valence-corrected chi connectivity index (χ4v) is 8.41. The molecule has 1 saturated carbocycles. The van der Waals surface area contributed by atoms with Crippen molar-refractivity contribution in [1.29, 1.82) is 0 Å². The summed E-state index contributed by atoms with van der Waals surface area (Å²) < 4.78 is 47.7. The Labute approximate surface area is 284 Å². The zero-order valence-electron chi connectivity index (χ0n) is 28.2. The zero-order chi connectivity index (χ0) is 34.1. The number of benzene rings is 2. The van der Waals surface area contributed by atoms with Crippen molar-refractivity contribution in [1.82, 2.24) is 30.0 Å². The lowest BCUT2D eigenvalue weighted by Crippen LogP contribution is -2.62. The minimum Gasteiger partial charge on any atom is -0.481 e. The molecule has 0 amide bonds. The molecule has 0 bridgehead atoms. The fourth-order valence-electron chi connectivity index (χ4n) is 8.41. The van der Waals surface area contributed by atoms with Crippen LogP contribution < -0.4 is 9.64 Å². The molecule has 49 heavy (non-hydrogen) atoms. The van der Waals surface area contributed by atoms with Gasteiger partial charge in [-0.25, -0.2) is 9.97 Å². The number of aliphatic hydroxyl groups is 1. The van der Waals surface area contributed by atoms with Crippen LogP contribution in [-0.2, 0) is 6.42 Å². The summed E-state index contributed by atoms with van der Waals surface area (Å²) in [6.45, 7) is 11.2. The SMILES string of the molecule is C=CC(O)N1CC2(CCN(c3nc(C4CN(C5CCC5)C4)nc4c(OCC(F)(F)F)c(-c5c(C)ccc6[nH]ncc56)c(CC)cc34)CC2)C1. The van der Waals surface area contributed by atoms with E-state index in [9.17, 15) is 18.3 Å². The molecule has 1 spiro atoms. The second-order valence-electron chi connectivity index (χ2n) is 14.7. The van der Waals surface area contributed by atoms with E-state index in [1.807, 2.05) is 30.9 Å². The summed E-state index contributed by atoms with van der Waals surface area (Å²) in [6, 6.07) is 6.60. The minimum atomic E-state index is -4.53. The number of piperidine rings is 1. The smallest absolute Gasteiger partial charge is 0.422 e. The summed E-state index contributed by atoms with van der Waals surface area (Å²) in [4.78, 5) is 17.2. The van der Waals surface area contributed by atoms with Gasteiger partial charge in [0.1, 0.15) is 23.4 Å². The van der Waals surface area contributed by atoms with Crippen molar-refractivity contribution in [3.05, 3.63) is 54.0 Å². The third-order valence-electron chi connectivity index (χ3n) is 11.5. The van der Waals surface area contributed by atoms with Crippen molar-refractivity contribution in [2.45, 2.75) is 76.7 Å². The molecule has 3 saturated heterocycles. The molecule has 2 N–H and O–H groups in total. The van der Waals surface area contributed by atoms with E-state index in [0.717, 1.165) is 90.9 Å². The first-order valence-electron chi connectivity index (χ1n) is 17.6. The number of likely N-dealkylation sites (tertiary alicyclic amines) is 2. The van der Waals surface area contributed by atoms with Crippen molar-refractivity contribution in [3.63, 3.8) is 0 Å². The van der Waals surface area contributed by atoms with Crippen LogP contribution in [0.2, 0.25) is 0 Å². The Balaban J connectivity index is 1.26. The first-order valence-corrected chi connectivity index (χ1v) is 17.6. The number of aromatic amines is 1. The number of aryl methyl sites for hydroxylation is 2. The first-order chi connectivity index (χ1) is 23.6. The highest BCUT2D eigenvalue weighted by atomic mass is 19.4. The molecule has 1 unspecified atom stereocenters. The molecule has 2 aromatic carbocycles. The lowest BCUT2D eigenvalue weighted by atomic mass is 9.72. The lowest BCUT2D eigenvalue weighted by Gasteiger charge is -2.55.